The van der Waals surface area contributed by atoms with E-state index in [-0.39, 0.29) is 17.6 Å². The molecule has 0 aromatic heterocycles. The lowest BCUT2D eigenvalue weighted by atomic mass is 9.94. The van der Waals surface area contributed by atoms with Gasteiger partial charge in [0.2, 0.25) is 5.91 Å². The number of hydrogen-bond donors (Lipinski definition) is 1. The maximum Gasteiger partial charge on any atom is 0.238 e. The molecule has 1 aliphatic heterocycles. The van der Waals surface area contributed by atoms with E-state index in [1.54, 1.807) is 0 Å². The van der Waals surface area contributed by atoms with E-state index < -0.39 is 0 Å². The summed E-state index contributed by atoms with van der Waals surface area (Å²) in [5.74, 6) is 1.62. The number of nitrogens with one attached hydrogen (secondary N) is 1. The Kier molecular flexibility index (Phi) is 2.99. The van der Waals surface area contributed by atoms with Crippen molar-refractivity contribution in [3.05, 3.63) is 0 Å². The molecule has 3 heteroatoms. The fourth-order valence-corrected chi connectivity index (χ4v) is 2.90. The molecule has 0 aromatic carbocycles. The molecule has 2 rings (SSSR count). The number of rotatable bonds is 4. The van der Waals surface area contributed by atoms with Crippen LogP contribution in [0.3, 0.4) is 0 Å². The Balaban J connectivity index is 2.11. The summed E-state index contributed by atoms with van der Waals surface area (Å²) >= 11 is 0. The van der Waals surface area contributed by atoms with E-state index >= 15 is 0 Å². The van der Waals surface area contributed by atoms with Crippen LogP contribution in [0.1, 0.15) is 47.0 Å². The molecular weight excluding hydrogens is 200 g/mol. The van der Waals surface area contributed by atoms with Crippen LogP contribution in [0.5, 0.6) is 0 Å². The molecule has 16 heavy (non-hydrogen) atoms. The second kappa shape index (κ2) is 4.02. The zero-order chi connectivity index (χ0) is 11.9. The van der Waals surface area contributed by atoms with Crippen molar-refractivity contribution in [2.45, 2.75) is 58.7 Å². The average Bonchev–Trinajstić information content (AvgIpc) is 2.92. The molecular formula is C13H24N2O. The van der Waals surface area contributed by atoms with E-state index in [2.05, 4.69) is 37.9 Å². The van der Waals surface area contributed by atoms with Gasteiger partial charge < -0.3 is 4.90 Å². The van der Waals surface area contributed by atoms with Gasteiger partial charge in [-0.1, -0.05) is 13.8 Å². The Bertz CT molecular complexity index is 282. The minimum atomic E-state index is 0.0418. The third-order valence-electron chi connectivity index (χ3n) is 3.96. The van der Waals surface area contributed by atoms with Gasteiger partial charge in [-0.3, -0.25) is 10.1 Å². The first-order valence-corrected chi connectivity index (χ1v) is 6.48. The van der Waals surface area contributed by atoms with Crippen LogP contribution in [0, 0.1) is 11.8 Å². The lowest BCUT2D eigenvalue weighted by molar-refractivity contribution is -0.134. The van der Waals surface area contributed by atoms with Crippen LogP contribution in [0.15, 0.2) is 0 Å². The zero-order valence-electron chi connectivity index (χ0n) is 10.9. The first kappa shape index (κ1) is 11.9. The molecule has 2 fully saturated rings. The molecule has 1 aliphatic carbocycles. The van der Waals surface area contributed by atoms with Gasteiger partial charge in [0.25, 0.3) is 0 Å². The molecule has 0 bridgehead atoms. The zero-order valence-corrected chi connectivity index (χ0v) is 10.9. The number of nitrogens with zero attached hydrogens (tertiary/aromatic N) is 1. The highest BCUT2D eigenvalue weighted by Crippen LogP contribution is 2.44. The van der Waals surface area contributed by atoms with Crippen molar-refractivity contribution in [3.8, 4) is 0 Å². The molecule has 0 aromatic rings. The van der Waals surface area contributed by atoms with Crippen molar-refractivity contribution in [1.29, 1.82) is 0 Å². The molecule has 0 radical (unpaired) electrons. The van der Waals surface area contributed by atoms with Crippen molar-refractivity contribution in [3.63, 3.8) is 0 Å². The van der Waals surface area contributed by atoms with Crippen LogP contribution in [0.25, 0.3) is 0 Å². The van der Waals surface area contributed by atoms with E-state index in [1.165, 1.54) is 12.8 Å². The SMILES string of the molecule is CC(C)CC1NCC(=O)N1C(C)(C)C1CC1. The molecule has 1 atom stereocenters. The average molecular weight is 224 g/mol. The van der Waals surface area contributed by atoms with Gasteiger partial charge in [-0.25, -0.2) is 0 Å². The molecule has 1 N–H and O–H groups in total. The van der Waals surface area contributed by atoms with Crippen molar-refractivity contribution in [2.75, 3.05) is 6.54 Å². The van der Waals surface area contributed by atoms with Crippen molar-refractivity contribution in [2.24, 2.45) is 11.8 Å². The predicted octanol–water partition coefficient (Wildman–Crippen LogP) is 1.98. The van der Waals surface area contributed by atoms with Crippen molar-refractivity contribution >= 4 is 5.91 Å². The quantitative estimate of drug-likeness (QED) is 0.792. The number of amides is 1. The smallest absolute Gasteiger partial charge is 0.238 e. The summed E-state index contributed by atoms with van der Waals surface area (Å²) in [6.45, 7) is 9.40. The van der Waals surface area contributed by atoms with Crippen LogP contribution in [-0.2, 0) is 4.79 Å². The van der Waals surface area contributed by atoms with E-state index in [9.17, 15) is 4.79 Å². The molecule has 1 heterocycles. The number of carbonyl (C=O) groups is 1. The van der Waals surface area contributed by atoms with Crippen molar-refractivity contribution in [1.82, 2.24) is 10.2 Å². The van der Waals surface area contributed by atoms with Gasteiger partial charge in [-0.15, -0.1) is 0 Å². The van der Waals surface area contributed by atoms with E-state index in [4.69, 9.17) is 0 Å². The van der Waals surface area contributed by atoms with Crippen LogP contribution >= 0.6 is 0 Å². The summed E-state index contributed by atoms with van der Waals surface area (Å²) in [7, 11) is 0. The van der Waals surface area contributed by atoms with Gasteiger partial charge in [0, 0.05) is 5.54 Å². The van der Waals surface area contributed by atoms with E-state index in [1.807, 2.05) is 0 Å². The molecule has 2 aliphatic rings. The first-order chi connectivity index (χ1) is 7.43. The Labute approximate surface area is 98.6 Å². The van der Waals surface area contributed by atoms with Crippen LogP contribution in [0.2, 0.25) is 0 Å². The molecule has 1 amide bonds. The molecule has 3 nitrogen and oxygen atoms in total. The Morgan fingerprint density at radius 2 is 2.06 bits per heavy atom. The van der Waals surface area contributed by atoms with Gasteiger partial charge in [0.1, 0.15) is 0 Å². The summed E-state index contributed by atoms with van der Waals surface area (Å²) in [6, 6.07) is 0. The number of carbonyl (C=O) groups excluding carboxylic acids is 1. The topological polar surface area (TPSA) is 32.3 Å². The Hall–Kier alpha value is -0.570. The highest BCUT2D eigenvalue weighted by Gasteiger charge is 2.48. The van der Waals surface area contributed by atoms with Crippen LogP contribution in [-0.4, -0.2) is 29.1 Å². The minimum Gasteiger partial charge on any atom is -0.321 e. The minimum absolute atomic E-state index is 0.0418. The van der Waals surface area contributed by atoms with E-state index in [0.29, 0.717) is 18.4 Å². The normalized spacial score (nSPS) is 26.9. The van der Waals surface area contributed by atoms with Gasteiger partial charge in [-0.05, 0) is 44.9 Å². The standard InChI is InChI=1S/C13H24N2O/c1-9(2)7-11-14-8-12(16)15(11)13(3,4)10-5-6-10/h9-11,14H,5-8H2,1-4H3. The summed E-state index contributed by atoms with van der Waals surface area (Å²) in [5, 5.41) is 3.35. The molecule has 1 saturated carbocycles. The third-order valence-corrected chi connectivity index (χ3v) is 3.96. The monoisotopic (exact) mass is 224 g/mol. The number of hydrogen-bond acceptors (Lipinski definition) is 2. The first-order valence-electron chi connectivity index (χ1n) is 6.48. The largest absolute Gasteiger partial charge is 0.321 e. The fraction of sp³-hybridized carbons (Fsp3) is 0.923. The molecule has 1 saturated heterocycles. The lowest BCUT2D eigenvalue weighted by Gasteiger charge is -2.40. The maximum absolute atomic E-state index is 12.0. The highest BCUT2D eigenvalue weighted by molar-refractivity contribution is 5.81. The summed E-state index contributed by atoms with van der Waals surface area (Å²) in [4.78, 5) is 14.1. The fourth-order valence-electron chi connectivity index (χ4n) is 2.90. The van der Waals surface area contributed by atoms with Crippen LogP contribution < -0.4 is 5.32 Å². The van der Waals surface area contributed by atoms with Gasteiger partial charge in [0.15, 0.2) is 0 Å². The Morgan fingerprint density at radius 1 is 1.44 bits per heavy atom. The Morgan fingerprint density at radius 3 is 2.56 bits per heavy atom. The third kappa shape index (κ3) is 2.10. The molecule has 0 spiro atoms. The molecule has 1 unspecified atom stereocenters. The summed E-state index contributed by atoms with van der Waals surface area (Å²) in [6.07, 6.45) is 3.88. The molecule has 92 valence electrons. The predicted molar refractivity (Wildman–Crippen MR) is 64.9 cm³/mol. The summed E-state index contributed by atoms with van der Waals surface area (Å²) < 4.78 is 0. The summed E-state index contributed by atoms with van der Waals surface area (Å²) in [5.41, 5.74) is 0.0418. The second-order valence-corrected chi connectivity index (χ2v) is 6.22. The lowest BCUT2D eigenvalue weighted by Crippen LogP contribution is -2.52. The van der Waals surface area contributed by atoms with Gasteiger partial charge in [-0.2, -0.15) is 0 Å². The van der Waals surface area contributed by atoms with Gasteiger partial charge in [0.05, 0.1) is 12.7 Å². The highest BCUT2D eigenvalue weighted by atomic mass is 16.2. The van der Waals surface area contributed by atoms with Crippen molar-refractivity contribution < 1.29 is 4.79 Å². The van der Waals surface area contributed by atoms with Gasteiger partial charge >= 0.3 is 0 Å². The van der Waals surface area contributed by atoms with E-state index in [0.717, 1.165) is 6.42 Å². The second-order valence-electron chi connectivity index (χ2n) is 6.22. The maximum atomic E-state index is 12.0. The van der Waals surface area contributed by atoms with Crippen LogP contribution in [0.4, 0.5) is 0 Å².